The molecule has 12 heteroatoms. The highest BCUT2D eigenvalue weighted by molar-refractivity contribution is 5.90. The summed E-state index contributed by atoms with van der Waals surface area (Å²) in [4.78, 5) is 39.9. The Morgan fingerprint density at radius 2 is 1.88 bits per heavy atom. The quantitative estimate of drug-likeness (QED) is 0.134. The number of nitrogens with one attached hydrogen (secondary N) is 3. The van der Waals surface area contributed by atoms with Crippen molar-refractivity contribution >= 4 is 23.8 Å². The van der Waals surface area contributed by atoms with E-state index in [1.165, 1.54) is 6.42 Å². The molecule has 272 valence electrons. The first-order chi connectivity index (χ1) is 24.7. The number of ether oxygens (including phenoxy) is 2. The molecule has 3 N–H and O–H groups in total. The minimum absolute atomic E-state index is 0.0231. The number of benzene rings is 2. The molecule has 0 radical (unpaired) electrons. The Labute approximate surface area is 301 Å². The van der Waals surface area contributed by atoms with Crippen molar-refractivity contribution in [2.24, 2.45) is 16.0 Å². The maximum Gasteiger partial charge on any atom is 0.319 e. The van der Waals surface area contributed by atoms with Gasteiger partial charge in [-0.3, -0.25) is 19.7 Å². The molecule has 2 heterocycles. The molecule has 2 aromatic carbocycles. The summed E-state index contributed by atoms with van der Waals surface area (Å²) in [6.45, 7) is 6.18. The molecule has 1 fully saturated rings. The van der Waals surface area contributed by atoms with Crippen molar-refractivity contribution in [2.75, 3.05) is 39.1 Å². The van der Waals surface area contributed by atoms with Gasteiger partial charge < -0.3 is 25.0 Å². The lowest BCUT2D eigenvalue weighted by atomic mass is 9.96. The molecule has 0 bridgehead atoms. The van der Waals surface area contributed by atoms with Gasteiger partial charge in [0.25, 0.3) is 0 Å². The Morgan fingerprint density at radius 3 is 2.59 bits per heavy atom. The Kier molecular flexibility index (Phi) is 13.5. The fraction of sp³-hybridized carbons (Fsp3) is 0.487. The standard InChI is InChI=1S/C39H52N8O4/c1-27-24-47(28(2)22-42-23-35(45-40)30-10-13-34(50-4)14-11-30)38(48)21-31-20-33(44-39(49)43-32-8-6-5-7-9-32)12-15-36(31)51-37(27)26-46(3)25-29-16-18-41-19-17-29/h10-20,22,27-28,32,35,37,40H,5-9,21,23-26H2,1-4H3,(H2,43,44,49). The zero-order chi connectivity index (χ0) is 36.2. The lowest BCUT2D eigenvalue weighted by Gasteiger charge is -2.33. The number of urea groups is 1. The molecule has 0 spiro atoms. The summed E-state index contributed by atoms with van der Waals surface area (Å²) in [6, 6.07) is 16.2. The summed E-state index contributed by atoms with van der Waals surface area (Å²) in [5, 5.41) is 9.89. The zero-order valence-electron chi connectivity index (χ0n) is 30.3. The van der Waals surface area contributed by atoms with Crippen molar-refractivity contribution in [1.82, 2.24) is 20.1 Å². The number of rotatable bonds is 13. The number of fused-ring (bicyclic) bond motifs is 1. The van der Waals surface area contributed by atoms with E-state index in [0.29, 0.717) is 30.1 Å². The molecule has 5 rings (SSSR count). The Bertz CT molecular complexity index is 1610. The van der Waals surface area contributed by atoms with Crippen LogP contribution in [0, 0.1) is 11.4 Å². The van der Waals surface area contributed by atoms with E-state index in [4.69, 9.17) is 15.0 Å². The lowest BCUT2D eigenvalue weighted by Crippen LogP contribution is -2.47. The molecule has 0 saturated heterocycles. The average molecular weight is 697 g/mol. The van der Waals surface area contributed by atoms with Gasteiger partial charge in [-0.25, -0.2) is 10.3 Å². The fourth-order valence-electron chi connectivity index (χ4n) is 6.81. The molecule has 12 nitrogen and oxygen atoms in total. The molecule has 2 aliphatic rings. The smallest absolute Gasteiger partial charge is 0.319 e. The first-order valence-electron chi connectivity index (χ1n) is 18.0. The number of methoxy groups -OCH3 is 1. The minimum Gasteiger partial charge on any atom is -0.497 e. The second-order valence-electron chi connectivity index (χ2n) is 13.8. The van der Waals surface area contributed by atoms with E-state index >= 15 is 0 Å². The number of aliphatic imine (C=N–C) groups is 1. The van der Waals surface area contributed by atoms with E-state index in [9.17, 15) is 9.59 Å². The third-order valence-corrected chi connectivity index (χ3v) is 9.76. The molecule has 4 atom stereocenters. The largest absolute Gasteiger partial charge is 0.497 e. The van der Waals surface area contributed by atoms with Gasteiger partial charge >= 0.3 is 6.03 Å². The van der Waals surface area contributed by atoms with Crippen LogP contribution in [-0.2, 0) is 17.8 Å². The summed E-state index contributed by atoms with van der Waals surface area (Å²) in [7, 11) is 3.68. The summed E-state index contributed by atoms with van der Waals surface area (Å²) in [6.07, 6.45) is 10.7. The lowest BCUT2D eigenvalue weighted by molar-refractivity contribution is -0.132. The van der Waals surface area contributed by atoms with Crippen LogP contribution >= 0.6 is 0 Å². The summed E-state index contributed by atoms with van der Waals surface area (Å²) < 4.78 is 12.0. The van der Waals surface area contributed by atoms with Crippen LogP contribution in [-0.4, -0.2) is 84.9 Å². The molecule has 51 heavy (non-hydrogen) atoms. The first-order valence-corrected chi connectivity index (χ1v) is 18.0. The van der Waals surface area contributed by atoms with Gasteiger partial charge in [0.15, 0.2) is 0 Å². The van der Waals surface area contributed by atoms with Crippen molar-refractivity contribution in [1.29, 1.82) is 5.53 Å². The minimum atomic E-state index is -0.439. The predicted molar refractivity (Wildman–Crippen MR) is 199 cm³/mol. The van der Waals surface area contributed by atoms with Gasteiger partial charge in [0, 0.05) is 61.5 Å². The van der Waals surface area contributed by atoms with Gasteiger partial charge in [-0.05, 0) is 80.4 Å². The van der Waals surface area contributed by atoms with Crippen LogP contribution in [0.25, 0.3) is 0 Å². The highest BCUT2D eigenvalue weighted by Crippen LogP contribution is 2.30. The van der Waals surface area contributed by atoms with E-state index in [2.05, 4.69) is 44.6 Å². The van der Waals surface area contributed by atoms with Crippen LogP contribution in [0.4, 0.5) is 10.5 Å². The van der Waals surface area contributed by atoms with Gasteiger partial charge in [-0.15, -0.1) is 0 Å². The third kappa shape index (κ3) is 10.8. The van der Waals surface area contributed by atoms with Crippen molar-refractivity contribution in [3.8, 4) is 11.5 Å². The molecule has 1 aliphatic heterocycles. The van der Waals surface area contributed by atoms with Crippen molar-refractivity contribution in [2.45, 2.75) is 83.1 Å². The number of carbonyl (C=O) groups excluding carboxylic acids is 2. The fourth-order valence-corrected chi connectivity index (χ4v) is 6.81. The number of likely N-dealkylation sites (N-methyl/N-ethyl adjacent to an activating group) is 1. The van der Waals surface area contributed by atoms with Crippen LogP contribution in [0.1, 0.15) is 68.7 Å². The number of pyridine rings is 1. The van der Waals surface area contributed by atoms with E-state index in [0.717, 1.165) is 49.1 Å². The molecule has 4 unspecified atom stereocenters. The van der Waals surface area contributed by atoms with Gasteiger partial charge in [0.05, 0.1) is 26.1 Å². The highest BCUT2D eigenvalue weighted by Gasteiger charge is 2.31. The highest BCUT2D eigenvalue weighted by atomic mass is 16.5. The molecule has 1 saturated carbocycles. The van der Waals surface area contributed by atoms with Gasteiger partial charge in [-0.1, -0.05) is 38.3 Å². The maximum atomic E-state index is 14.1. The molecular weight excluding hydrogens is 644 g/mol. The Hall–Kier alpha value is -4.84. The number of hydrogen-bond acceptors (Lipinski definition) is 9. The number of amides is 3. The summed E-state index contributed by atoms with van der Waals surface area (Å²) >= 11 is 0. The van der Waals surface area contributed by atoms with Gasteiger partial charge in [0.1, 0.15) is 23.6 Å². The Morgan fingerprint density at radius 1 is 1.14 bits per heavy atom. The first kappa shape index (κ1) is 37.4. The Balaban J connectivity index is 1.34. The van der Waals surface area contributed by atoms with Crippen molar-refractivity contribution in [3.63, 3.8) is 0 Å². The molecular formula is C39H52N8O4. The second-order valence-corrected chi connectivity index (χ2v) is 13.8. The van der Waals surface area contributed by atoms with Gasteiger partial charge in [-0.2, -0.15) is 5.11 Å². The monoisotopic (exact) mass is 696 g/mol. The molecule has 3 aromatic rings. The SMILES string of the molecule is COc1ccc(C(CN=CC(C)N2CC(C)C(CN(C)Cc3ccncc3)Oc3ccc(NC(=O)NC4CCCCC4)cc3CC2=O)N=N)cc1. The van der Waals surface area contributed by atoms with E-state index in [-0.39, 0.29) is 49.0 Å². The number of nitrogens with zero attached hydrogens (tertiary/aromatic N) is 5. The topological polar surface area (TPSA) is 145 Å². The van der Waals surface area contributed by atoms with E-state index < -0.39 is 6.04 Å². The van der Waals surface area contributed by atoms with E-state index in [1.54, 1.807) is 25.7 Å². The maximum absolute atomic E-state index is 14.1. The van der Waals surface area contributed by atoms with Crippen LogP contribution in [0.5, 0.6) is 11.5 Å². The average Bonchev–Trinajstić information content (AvgIpc) is 3.18. The second kappa shape index (κ2) is 18.4. The number of anilines is 1. The number of hydrogen-bond donors (Lipinski definition) is 3. The van der Waals surface area contributed by atoms with Crippen LogP contribution < -0.4 is 20.1 Å². The molecule has 1 aliphatic carbocycles. The number of aromatic nitrogens is 1. The summed E-state index contributed by atoms with van der Waals surface area (Å²) in [5.41, 5.74) is 11.1. The zero-order valence-corrected chi connectivity index (χ0v) is 30.3. The summed E-state index contributed by atoms with van der Waals surface area (Å²) in [5.74, 6) is 1.29. The van der Waals surface area contributed by atoms with Crippen LogP contribution in [0.2, 0.25) is 0 Å². The predicted octanol–water partition coefficient (Wildman–Crippen LogP) is 6.68. The molecule has 3 amide bonds. The number of carbonyl (C=O) groups is 2. The van der Waals surface area contributed by atoms with E-state index in [1.807, 2.05) is 66.4 Å². The van der Waals surface area contributed by atoms with Crippen molar-refractivity contribution in [3.05, 3.63) is 83.7 Å². The van der Waals surface area contributed by atoms with Gasteiger partial charge in [0.2, 0.25) is 5.91 Å². The van der Waals surface area contributed by atoms with Crippen LogP contribution in [0.3, 0.4) is 0 Å². The molecule has 1 aromatic heterocycles. The van der Waals surface area contributed by atoms with Crippen molar-refractivity contribution < 1.29 is 19.1 Å². The van der Waals surface area contributed by atoms with Crippen LogP contribution in [0.15, 0.2) is 77.1 Å². The third-order valence-electron chi connectivity index (χ3n) is 9.76. The normalized spacial score (nSPS) is 19.6.